The Hall–Kier alpha value is -1.30. The SMILES string of the molecule is CCCCOCCNC(=O)C1(C(N)=NO)CC(C)C1. The lowest BCUT2D eigenvalue weighted by Crippen LogP contribution is -2.57. The Balaban J connectivity index is 2.34. The second-order valence-corrected chi connectivity index (χ2v) is 5.30. The standard InChI is InChI=1S/C13H25N3O3/c1-3-4-6-19-7-5-15-12(17)13(11(14)16-18)8-10(2)9-13/h10,18H,3-9H2,1-2H3,(H2,14,16)(H,15,17). The molecule has 1 aliphatic rings. The first kappa shape index (κ1) is 15.8. The van der Waals surface area contributed by atoms with Crippen molar-refractivity contribution in [1.82, 2.24) is 5.32 Å². The van der Waals surface area contributed by atoms with Crippen LogP contribution >= 0.6 is 0 Å². The zero-order valence-corrected chi connectivity index (χ0v) is 11.8. The van der Waals surface area contributed by atoms with Crippen LogP contribution in [0.1, 0.15) is 39.5 Å². The summed E-state index contributed by atoms with van der Waals surface area (Å²) in [5, 5.41) is 14.6. The Morgan fingerprint density at radius 2 is 2.21 bits per heavy atom. The number of rotatable bonds is 8. The van der Waals surface area contributed by atoms with Crippen molar-refractivity contribution >= 4 is 11.7 Å². The number of nitrogens with zero attached hydrogens (tertiary/aromatic N) is 1. The van der Waals surface area contributed by atoms with Gasteiger partial charge in [-0.05, 0) is 25.2 Å². The van der Waals surface area contributed by atoms with Gasteiger partial charge in [-0.25, -0.2) is 0 Å². The van der Waals surface area contributed by atoms with Crippen LogP contribution in [0.5, 0.6) is 0 Å². The quantitative estimate of drug-likeness (QED) is 0.202. The molecule has 1 amide bonds. The van der Waals surface area contributed by atoms with E-state index in [9.17, 15) is 4.79 Å². The Labute approximate surface area is 114 Å². The zero-order valence-electron chi connectivity index (χ0n) is 11.8. The van der Waals surface area contributed by atoms with Crippen molar-refractivity contribution in [2.24, 2.45) is 22.2 Å². The van der Waals surface area contributed by atoms with Crippen LogP contribution in [-0.4, -0.2) is 36.7 Å². The highest BCUT2D eigenvalue weighted by Crippen LogP contribution is 2.45. The third-order valence-corrected chi connectivity index (χ3v) is 3.60. The minimum atomic E-state index is -0.822. The summed E-state index contributed by atoms with van der Waals surface area (Å²) in [7, 11) is 0. The summed E-state index contributed by atoms with van der Waals surface area (Å²) in [6.07, 6.45) is 3.38. The highest BCUT2D eigenvalue weighted by atomic mass is 16.5. The van der Waals surface area contributed by atoms with E-state index in [1.165, 1.54) is 0 Å². The summed E-state index contributed by atoms with van der Waals surface area (Å²) in [6, 6.07) is 0. The van der Waals surface area contributed by atoms with Gasteiger partial charge in [0.15, 0.2) is 5.84 Å². The fraction of sp³-hybridized carbons (Fsp3) is 0.846. The van der Waals surface area contributed by atoms with Crippen LogP contribution in [0.25, 0.3) is 0 Å². The molecule has 0 aromatic rings. The summed E-state index contributed by atoms with van der Waals surface area (Å²) < 4.78 is 5.37. The van der Waals surface area contributed by atoms with Crippen molar-refractivity contribution < 1.29 is 14.7 Å². The third kappa shape index (κ3) is 3.83. The second kappa shape index (κ2) is 7.33. The van der Waals surface area contributed by atoms with Gasteiger partial charge >= 0.3 is 0 Å². The van der Waals surface area contributed by atoms with E-state index in [-0.39, 0.29) is 11.7 Å². The fourth-order valence-electron chi connectivity index (χ4n) is 2.49. The molecule has 19 heavy (non-hydrogen) atoms. The molecule has 0 heterocycles. The Morgan fingerprint density at radius 3 is 2.74 bits per heavy atom. The maximum atomic E-state index is 12.1. The van der Waals surface area contributed by atoms with Gasteiger partial charge in [-0.3, -0.25) is 4.79 Å². The number of oxime groups is 1. The van der Waals surface area contributed by atoms with E-state index < -0.39 is 5.41 Å². The lowest BCUT2D eigenvalue weighted by molar-refractivity contribution is -0.133. The van der Waals surface area contributed by atoms with Crippen LogP contribution in [0.3, 0.4) is 0 Å². The zero-order chi connectivity index (χ0) is 14.3. The first-order chi connectivity index (χ1) is 9.06. The maximum absolute atomic E-state index is 12.1. The highest BCUT2D eigenvalue weighted by molar-refractivity contribution is 6.07. The molecule has 0 aliphatic heterocycles. The summed E-state index contributed by atoms with van der Waals surface area (Å²) in [5.74, 6) is 0.266. The van der Waals surface area contributed by atoms with Crippen LogP contribution < -0.4 is 11.1 Å². The van der Waals surface area contributed by atoms with Crippen LogP contribution in [0.2, 0.25) is 0 Å². The minimum absolute atomic E-state index is 0.00926. The van der Waals surface area contributed by atoms with Crippen molar-refractivity contribution in [3.8, 4) is 0 Å². The number of ether oxygens (including phenoxy) is 1. The summed E-state index contributed by atoms with van der Waals surface area (Å²) in [6.45, 7) is 5.81. The number of nitrogens with two attached hydrogens (primary N) is 1. The number of carbonyl (C=O) groups is 1. The Kier molecular flexibility index (Phi) is 6.08. The molecule has 0 radical (unpaired) electrons. The molecule has 110 valence electrons. The first-order valence-electron chi connectivity index (χ1n) is 6.91. The average molecular weight is 271 g/mol. The van der Waals surface area contributed by atoms with Gasteiger partial charge in [-0.2, -0.15) is 0 Å². The van der Waals surface area contributed by atoms with Crippen molar-refractivity contribution in [2.75, 3.05) is 19.8 Å². The minimum Gasteiger partial charge on any atom is -0.409 e. The number of hydrogen-bond acceptors (Lipinski definition) is 4. The van der Waals surface area contributed by atoms with Gasteiger partial charge in [0.05, 0.1) is 6.61 Å². The molecule has 4 N–H and O–H groups in total. The predicted molar refractivity (Wildman–Crippen MR) is 73.0 cm³/mol. The van der Waals surface area contributed by atoms with E-state index in [2.05, 4.69) is 17.4 Å². The number of unbranched alkanes of at least 4 members (excludes halogenated alkanes) is 1. The molecule has 0 spiro atoms. The number of amides is 1. The highest BCUT2D eigenvalue weighted by Gasteiger charge is 2.51. The van der Waals surface area contributed by atoms with Crippen LogP contribution in [0.4, 0.5) is 0 Å². The normalized spacial score (nSPS) is 26.8. The van der Waals surface area contributed by atoms with Gasteiger partial charge in [0.25, 0.3) is 0 Å². The molecule has 0 atom stereocenters. The molecule has 1 saturated carbocycles. The van der Waals surface area contributed by atoms with Gasteiger partial charge in [-0.1, -0.05) is 25.4 Å². The lowest BCUT2D eigenvalue weighted by atomic mass is 9.61. The molecule has 0 aromatic carbocycles. The molecule has 1 aliphatic carbocycles. The molecule has 1 fully saturated rings. The topological polar surface area (TPSA) is 96.9 Å². The molecule has 0 aromatic heterocycles. The molecule has 1 rings (SSSR count). The van der Waals surface area contributed by atoms with Gasteiger partial charge in [0.2, 0.25) is 5.91 Å². The van der Waals surface area contributed by atoms with Crippen molar-refractivity contribution in [2.45, 2.75) is 39.5 Å². The van der Waals surface area contributed by atoms with Gasteiger partial charge in [-0.15, -0.1) is 0 Å². The van der Waals surface area contributed by atoms with Crippen molar-refractivity contribution in [1.29, 1.82) is 0 Å². The average Bonchev–Trinajstić information content (AvgIpc) is 2.37. The van der Waals surface area contributed by atoms with Crippen LogP contribution in [-0.2, 0) is 9.53 Å². The Morgan fingerprint density at radius 1 is 1.53 bits per heavy atom. The summed E-state index contributed by atoms with van der Waals surface area (Å²) in [4.78, 5) is 12.1. The van der Waals surface area contributed by atoms with E-state index in [0.717, 1.165) is 19.4 Å². The molecular formula is C13H25N3O3. The van der Waals surface area contributed by atoms with Gasteiger partial charge in [0, 0.05) is 13.2 Å². The number of nitrogens with one attached hydrogen (secondary N) is 1. The van der Waals surface area contributed by atoms with Gasteiger partial charge in [0.1, 0.15) is 5.41 Å². The largest absolute Gasteiger partial charge is 0.409 e. The van der Waals surface area contributed by atoms with E-state index in [1.54, 1.807) is 0 Å². The van der Waals surface area contributed by atoms with E-state index in [1.807, 2.05) is 6.92 Å². The van der Waals surface area contributed by atoms with Crippen LogP contribution in [0, 0.1) is 11.3 Å². The predicted octanol–water partition coefficient (Wildman–Crippen LogP) is 1.08. The smallest absolute Gasteiger partial charge is 0.234 e. The summed E-state index contributed by atoms with van der Waals surface area (Å²) in [5.41, 5.74) is 4.83. The first-order valence-corrected chi connectivity index (χ1v) is 6.91. The van der Waals surface area contributed by atoms with E-state index in [0.29, 0.717) is 31.9 Å². The maximum Gasteiger partial charge on any atom is 0.234 e. The number of amidine groups is 1. The molecule has 0 unspecified atom stereocenters. The number of carbonyl (C=O) groups excluding carboxylic acids is 1. The molecule has 6 heteroatoms. The van der Waals surface area contributed by atoms with E-state index in [4.69, 9.17) is 15.7 Å². The molecule has 6 nitrogen and oxygen atoms in total. The van der Waals surface area contributed by atoms with Crippen LogP contribution in [0.15, 0.2) is 5.16 Å². The molecule has 0 saturated heterocycles. The Bertz CT molecular complexity index is 325. The molecular weight excluding hydrogens is 246 g/mol. The fourth-order valence-corrected chi connectivity index (χ4v) is 2.49. The third-order valence-electron chi connectivity index (χ3n) is 3.60. The van der Waals surface area contributed by atoms with Crippen molar-refractivity contribution in [3.63, 3.8) is 0 Å². The molecule has 0 bridgehead atoms. The van der Waals surface area contributed by atoms with E-state index >= 15 is 0 Å². The van der Waals surface area contributed by atoms with Gasteiger partial charge < -0.3 is 21.0 Å². The number of hydrogen-bond donors (Lipinski definition) is 3. The second-order valence-electron chi connectivity index (χ2n) is 5.30. The lowest BCUT2D eigenvalue weighted by Gasteiger charge is -2.43. The van der Waals surface area contributed by atoms with Crippen molar-refractivity contribution in [3.05, 3.63) is 0 Å². The summed E-state index contributed by atoms with van der Waals surface area (Å²) >= 11 is 0. The monoisotopic (exact) mass is 271 g/mol.